The van der Waals surface area contributed by atoms with Crippen molar-refractivity contribution in [2.24, 2.45) is 5.92 Å². The maximum Gasteiger partial charge on any atom is 0.243 e. The normalized spacial score (nSPS) is 16.4. The zero-order chi connectivity index (χ0) is 11.1. The summed E-state index contributed by atoms with van der Waals surface area (Å²) in [6.45, 7) is 4.72. The summed E-state index contributed by atoms with van der Waals surface area (Å²) < 4.78 is 0. The van der Waals surface area contributed by atoms with Crippen LogP contribution in [-0.4, -0.2) is 12.5 Å². The standard InChI is InChI=1S/C13H23NO/c1-11(2)10-13(15)14-9-5-8-12-6-3-4-7-12/h10,12H,3-9H2,1-2H3,(H,14,15). The van der Waals surface area contributed by atoms with Gasteiger partial charge in [0.25, 0.3) is 0 Å². The molecule has 1 aliphatic rings. The van der Waals surface area contributed by atoms with E-state index >= 15 is 0 Å². The fourth-order valence-electron chi connectivity index (χ4n) is 2.21. The van der Waals surface area contributed by atoms with Crippen LogP contribution in [0.5, 0.6) is 0 Å². The highest BCUT2D eigenvalue weighted by molar-refractivity contribution is 5.87. The van der Waals surface area contributed by atoms with Gasteiger partial charge in [0.05, 0.1) is 0 Å². The Hall–Kier alpha value is -0.790. The van der Waals surface area contributed by atoms with Crippen molar-refractivity contribution in [3.63, 3.8) is 0 Å². The summed E-state index contributed by atoms with van der Waals surface area (Å²) in [6.07, 6.45) is 9.71. The molecule has 1 rings (SSSR count). The first kappa shape index (κ1) is 12.3. The highest BCUT2D eigenvalue weighted by atomic mass is 16.1. The molecule has 1 fully saturated rings. The summed E-state index contributed by atoms with van der Waals surface area (Å²) >= 11 is 0. The first-order chi connectivity index (χ1) is 7.18. The molecule has 1 N–H and O–H groups in total. The number of hydrogen-bond acceptors (Lipinski definition) is 1. The molecule has 0 bridgehead atoms. The minimum atomic E-state index is 0.0569. The van der Waals surface area contributed by atoms with Gasteiger partial charge in [-0.2, -0.15) is 0 Å². The van der Waals surface area contributed by atoms with E-state index in [9.17, 15) is 4.79 Å². The van der Waals surface area contributed by atoms with E-state index in [1.54, 1.807) is 6.08 Å². The molecule has 2 heteroatoms. The van der Waals surface area contributed by atoms with Gasteiger partial charge >= 0.3 is 0 Å². The first-order valence-electron chi connectivity index (χ1n) is 6.11. The van der Waals surface area contributed by atoms with Gasteiger partial charge in [0.2, 0.25) is 5.91 Å². The minimum Gasteiger partial charge on any atom is -0.353 e. The van der Waals surface area contributed by atoms with Crippen LogP contribution in [0, 0.1) is 5.92 Å². The van der Waals surface area contributed by atoms with Gasteiger partial charge in [0, 0.05) is 12.6 Å². The lowest BCUT2D eigenvalue weighted by Gasteiger charge is -2.08. The summed E-state index contributed by atoms with van der Waals surface area (Å²) in [5.74, 6) is 0.992. The van der Waals surface area contributed by atoms with Crippen molar-refractivity contribution in [1.82, 2.24) is 5.32 Å². The van der Waals surface area contributed by atoms with Crippen LogP contribution in [0.4, 0.5) is 0 Å². The molecule has 0 aromatic heterocycles. The predicted octanol–water partition coefficient (Wildman–Crippen LogP) is 3.04. The monoisotopic (exact) mass is 209 g/mol. The quantitative estimate of drug-likeness (QED) is 0.547. The Labute approximate surface area is 93.1 Å². The van der Waals surface area contributed by atoms with Gasteiger partial charge in [-0.05, 0) is 32.6 Å². The average molecular weight is 209 g/mol. The maximum absolute atomic E-state index is 11.3. The summed E-state index contributed by atoms with van der Waals surface area (Å²) in [4.78, 5) is 11.3. The third-order valence-corrected chi connectivity index (χ3v) is 2.98. The minimum absolute atomic E-state index is 0.0569. The molecule has 1 amide bonds. The molecule has 15 heavy (non-hydrogen) atoms. The molecule has 0 spiro atoms. The summed E-state index contributed by atoms with van der Waals surface area (Å²) in [5, 5.41) is 2.92. The molecule has 0 aromatic rings. The molecule has 1 saturated carbocycles. The number of nitrogens with one attached hydrogen (secondary N) is 1. The zero-order valence-corrected chi connectivity index (χ0v) is 10.0. The van der Waals surface area contributed by atoms with Gasteiger partial charge in [0.1, 0.15) is 0 Å². The Morgan fingerprint density at radius 2 is 2.00 bits per heavy atom. The molecule has 2 nitrogen and oxygen atoms in total. The van der Waals surface area contributed by atoms with Gasteiger partial charge < -0.3 is 5.32 Å². The molecule has 0 saturated heterocycles. The maximum atomic E-state index is 11.3. The highest BCUT2D eigenvalue weighted by Gasteiger charge is 2.13. The third kappa shape index (κ3) is 5.60. The number of hydrogen-bond donors (Lipinski definition) is 1. The van der Waals surface area contributed by atoms with Crippen molar-refractivity contribution < 1.29 is 4.79 Å². The summed E-state index contributed by atoms with van der Waals surface area (Å²) in [6, 6.07) is 0. The van der Waals surface area contributed by atoms with Gasteiger partial charge in [-0.15, -0.1) is 0 Å². The number of amides is 1. The van der Waals surface area contributed by atoms with Crippen LogP contribution in [-0.2, 0) is 4.79 Å². The molecule has 0 aromatic carbocycles. The molecular formula is C13H23NO. The molecular weight excluding hydrogens is 186 g/mol. The lowest BCUT2D eigenvalue weighted by Crippen LogP contribution is -2.22. The van der Waals surface area contributed by atoms with Crippen molar-refractivity contribution in [3.8, 4) is 0 Å². The van der Waals surface area contributed by atoms with E-state index < -0.39 is 0 Å². The molecule has 0 atom stereocenters. The van der Waals surface area contributed by atoms with Crippen molar-refractivity contribution in [2.75, 3.05) is 6.54 Å². The van der Waals surface area contributed by atoms with E-state index in [0.29, 0.717) is 0 Å². The van der Waals surface area contributed by atoms with Crippen molar-refractivity contribution in [2.45, 2.75) is 52.4 Å². The lowest BCUT2D eigenvalue weighted by atomic mass is 10.0. The Balaban J connectivity index is 2.01. The summed E-state index contributed by atoms with van der Waals surface area (Å²) in [7, 11) is 0. The Kier molecular flexibility index (Phi) is 5.44. The van der Waals surface area contributed by atoms with Crippen LogP contribution in [0.1, 0.15) is 52.4 Å². The van der Waals surface area contributed by atoms with Crippen LogP contribution in [0.25, 0.3) is 0 Å². The second-order valence-corrected chi connectivity index (χ2v) is 4.81. The van der Waals surface area contributed by atoms with Crippen LogP contribution in [0.15, 0.2) is 11.6 Å². The van der Waals surface area contributed by atoms with Crippen LogP contribution in [0.3, 0.4) is 0 Å². The third-order valence-electron chi connectivity index (χ3n) is 2.98. The number of carbonyl (C=O) groups excluding carboxylic acids is 1. The largest absolute Gasteiger partial charge is 0.353 e. The van der Waals surface area contributed by atoms with E-state index in [1.165, 1.54) is 32.1 Å². The fraction of sp³-hybridized carbons (Fsp3) is 0.769. The van der Waals surface area contributed by atoms with E-state index in [4.69, 9.17) is 0 Å². The predicted molar refractivity (Wildman–Crippen MR) is 63.6 cm³/mol. The van der Waals surface area contributed by atoms with Gasteiger partial charge in [-0.3, -0.25) is 4.79 Å². The van der Waals surface area contributed by atoms with Crippen molar-refractivity contribution >= 4 is 5.91 Å². The number of carbonyl (C=O) groups is 1. The smallest absolute Gasteiger partial charge is 0.243 e. The molecule has 0 heterocycles. The Morgan fingerprint density at radius 3 is 2.60 bits per heavy atom. The molecule has 0 radical (unpaired) electrons. The number of allylic oxidation sites excluding steroid dienone is 1. The highest BCUT2D eigenvalue weighted by Crippen LogP contribution is 2.28. The van der Waals surface area contributed by atoms with Crippen molar-refractivity contribution in [1.29, 1.82) is 0 Å². The SMILES string of the molecule is CC(C)=CC(=O)NCCCC1CCCC1. The fourth-order valence-corrected chi connectivity index (χ4v) is 2.21. The van der Waals surface area contributed by atoms with Gasteiger partial charge in [-0.25, -0.2) is 0 Å². The van der Waals surface area contributed by atoms with E-state index in [1.807, 2.05) is 13.8 Å². The average Bonchev–Trinajstić information content (AvgIpc) is 2.63. The topological polar surface area (TPSA) is 29.1 Å². The van der Waals surface area contributed by atoms with E-state index in [2.05, 4.69) is 5.32 Å². The van der Waals surface area contributed by atoms with E-state index in [0.717, 1.165) is 24.5 Å². The van der Waals surface area contributed by atoms with Crippen LogP contribution in [0.2, 0.25) is 0 Å². The molecule has 0 unspecified atom stereocenters. The number of rotatable bonds is 5. The van der Waals surface area contributed by atoms with E-state index in [-0.39, 0.29) is 5.91 Å². The second-order valence-electron chi connectivity index (χ2n) is 4.81. The Bertz CT molecular complexity index is 223. The molecule has 86 valence electrons. The molecule has 0 aliphatic heterocycles. The van der Waals surface area contributed by atoms with Gasteiger partial charge in [-0.1, -0.05) is 31.3 Å². The van der Waals surface area contributed by atoms with Crippen LogP contribution >= 0.6 is 0 Å². The zero-order valence-electron chi connectivity index (χ0n) is 10.0. The van der Waals surface area contributed by atoms with Gasteiger partial charge in [0.15, 0.2) is 0 Å². The lowest BCUT2D eigenvalue weighted by molar-refractivity contribution is -0.116. The second kappa shape index (κ2) is 6.65. The molecule has 1 aliphatic carbocycles. The Morgan fingerprint density at radius 1 is 1.33 bits per heavy atom. The first-order valence-corrected chi connectivity index (χ1v) is 6.11. The van der Waals surface area contributed by atoms with Crippen LogP contribution < -0.4 is 5.32 Å². The van der Waals surface area contributed by atoms with Crippen molar-refractivity contribution in [3.05, 3.63) is 11.6 Å². The summed E-state index contributed by atoms with van der Waals surface area (Å²) in [5.41, 5.74) is 1.06.